The number of alkyl carbamates (subject to hydrolysis) is 1. The summed E-state index contributed by atoms with van der Waals surface area (Å²) in [6.45, 7) is 8.88. The van der Waals surface area contributed by atoms with Crippen molar-refractivity contribution < 1.29 is 38.0 Å². The Balaban J connectivity index is 1.08. The molecule has 1 unspecified atom stereocenters. The Bertz CT molecular complexity index is 1030. The highest BCUT2D eigenvalue weighted by Crippen LogP contribution is 2.44. The number of carbonyl (C=O) groups excluding carboxylic acids is 2. The molecule has 0 saturated carbocycles. The summed E-state index contributed by atoms with van der Waals surface area (Å²) in [5.41, 5.74) is 4.81. The van der Waals surface area contributed by atoms with Crippen LogP contribution in [0.2, 0.25) is 0 Å². The lowest BCUT2D eigenvalue weighted by Gasteiger charge is -2.14. The number of rotatable bonds is 23. The second kappa shape index (κ2) is 20.8. The van der Waals surface area contributed by atoms with Gasteiger partial charge in [-0.1, -0.05) is 75.2 Å². The fraction of sp³-hybridized carbons (Fsp3) is 0.588. The first kappa shape index (κ1) is 34.5. The van der Waals surface area contributed by atoms with Crippen LogP contribution in [-0.4, -0.2) is 84.7 Å². The average Bonchev–Trinajstić information content (AvgIpc) is 3.35. The first-order valence-corrected chi connectivity index (χ1v) is 15.7. The zero-order chi connectivity index (χ0) is 30.5. The number of carbonyl (C=O) groups is 2. The number of hydrogen-bond donors (Lipinski definition) is 1. The lowest BCUT2D eigenvalue weighted by Crippen LogP contribution is -2.27. The number of fused-ring (bicyclic) bond motifs is 3. The summed E-state index contributed by atoms with van der Waals surface area (Å²) in [5, 5.41) is 2.80. The molecule has 0 saturated heterocycles. The van der Waals surface area contributed by atoms with Crippen molar-refractivity contribution in [3.05, 3.63) is 59.7 Å². The number of esters is 1. The van der Waals surface area contributed by atoms with E-state index in [1.807, 2.05) is 31.2 Å². The highest BCUT2D eigenvalue weighted by molar-refractivity contribution is 5.79. The zero-order valence-electron chi connectivity index (χ0n) is 25.9. The van der Waals surface area contributed by atoms with E-state index in [0.717, 1.165) is 25.7 Å². The molecule has 0 aromatic heterocycles. The van der Waals surface area contributed by atoms with Gasteiger partial charge in [0, 0.05) is 19.1 Å². The van der Waals surface area contributed by atoms with E-state index in [4.69, 9.17) is 28.4 Å². The van der Waals surface area contributed by atoms with Crippen molar-refractivity contribution in [2.45, 2.75) is 51.9 Å². The van der Waals surface area contributed by atoms with Crippen molar-refractivity contribution in [3.8, 4) is 11.1 Å². The second-order valence-corrected chi connectivity index (χ2v) is 10.5. The zero-order valence-corrected chi connectivity index (χ0v) is 25.9. The first-order valence-electron chi connectivity index (χ1n) is 15.7. The Morgan fingerprint density at radius 3 is 1.79 bits per heavy atom. The highest BCUT2D eigenvalue weighted by Gasteiger charge is 2.28. The van der Waals surface area contributed by atoms with Gasteiger partial charge in [0.2, 0.25) is 0 Å². The van der Waals surface area contributed by atoms with E-state index < -0.39 is 6.09 Å². The van der Waals surface area contributed by atoms with Crippen LogP contribution in [0.1, 0.15) is 63.0 Å². The molecule has 9 nitrogen and oxygen atoms in total. The fourth-order valence-electron chi connectivity index (χ4n) is 5.03. The van der Waals surface area contributed by atoms with Gasteiger partial charge in [-0.15, -0.1) is 0 Å². The van der Waals surface area contributed by atoms with Crippen molar-refractivity contribution in [3.63, 3.8) is 0 Å². The molecule has 0 radical (unpaired) electrons. The third kappa shape index (κ3) is 12.3. The van der Waals surface area contributed by atoms with Gasteiger partial charge < -0.3 is 33.7 Å². The third-order valence-corrected chi connectivity index (χ3v) is 7.40. The van der Waals surface area contributed by atoms with E-state index >= 15 is 0 Å². The van der Waals surface area contributed by atoms with Gasteiger partial charge in [-0.05, 0) is 41.5 Å². The molecule has 0 aliphatic heterocycles. The molecule has 1 N–H and O–H groups in total. The van der Waals surface area contributed by atoms with Gasteiger partial charge in [-0.25, -0.2) is 4.79 Å². The lowest BCUT2D eigenvalue weighted by atomic mass is 9.98. The lowest BCUT2D eigenvalue weighted by molar-refractivity contribution is -0.150. The number of amides is 1. The molecule has 1 atom stereocenters. The van der Waals surface area contributed by atoms with Crippen LogP contribution >= 0.6 is 0 Å². The highest BCUT2D eigenvalue weighted by atomic mass is 16.6. The largest absolute Gasteiger partial charge is 0.463 e. The van der Waals surface area contributed by atoms with Crippen LogP contribution in [0.25, 0.3) is 11.1 Å². The Labute approximate surface area is 256 Å². The summed E-state index contributed by atoms with van der Waals surface area (Å²) in [4.78, 5) is 24.3. The molecule has 2 aromatic rings. The maximum absolute atomic E-state index is 12.2. The SMILES string of the molecule is CCCCC(CC)C(=O)OCCOCCOCCOCCOCCCNC(=O)OCC1c2ccccc2-c2ccccc21. The predicted molar refractivity (Wildman–Crippen MR) is 165 cm³/mol. The van der Waals surface area contributed by atoms with Crippen molar-refractivity contribution in [2.24, 2.45) is 5.92 Å². The molecule has 0 heterocycles. The van der Waals surface area contributed by atoms with Gasteiger partial charge in [0.1, 0.15) is 13.2 Å². The molecule has 43 heavy (non-hydrogen) atoms. The van der Waals surface area contributed by atoms with E-state index in [-0.39, 0.29) is 24.4 Å². The maximum Gasteiger partial charge on any atom is 0.407 e. The Hall–Kier alpha value is -2.98. The van der Waals surface area contributed by atoms with Gasteiger partial charge >= 0.3 is 12.1 Å². The number of hydrogen-bond acceptors (Lipinski definition) is 8. The van der Waals surface area contributed by atoms with Crippen LogP contribution < -0.4 is 5.32 Å². The standard InChI is InChI=1S/C34H49NO8/c1-3-5-11-27(4-2)33(36)42-25-24-41-23-22-40-21-20-39-19-18-38-17-10-16-35-34(37)43-26-32-30-14-8-6-12-28(30)29-13-7-9-15-31(29)32/h6-9,12-15,27,32H,3-5,10-11,16-26H2,1-2H3,(H,35,37). The minimum absolute atomic E-state index is 0.00700. The average molecular weight is 600 g/mol. The molecule has 238 valence electrons. The molecule has 2 aromatic carbocycles. The molecule has 0 fully saturated rings. The number of benzene rings is 2. The Morgan fingerprint density at radius 2 is 1.23 bits per heavy atom. The Kier molecular flexibility index (Phi) is 16.7. The molecule has 0 bridgehead atoms. The van der Waals surface area contributed by atoms with E-state index in [9.17, 15) is 9.59 Å². The number of unbranched alkanes of at least 4 members (excludes halogenated alkanes) is 1. The molecule has 3 rings (SSSR count). The van der Waals surface area contributed by atoms with E-state index in [1.54, 1.807) is 0 Å². The van der Waals surface area contributed by atoms with Crippen LogP contribution in [0, 0.1) is 5.92 Å². The molecular weight excluding hydrogens is 550 g/mol. The van der Waals surface area contributed by atoms with E-state index in [0.29, 0.717) is 72.4 Å². The first-order chi connectivity index (χ1) is 21.2. The predicted octanol–water partition coefficient (Wildman–Crippen LogP) is 5.74. The topological polar surface area (TPSA) is 102 Å². The smallest absolute Gasteiger partial charge is 0.407 e. The van der Waals surface area contributed by atoms with Gasteiger partial charge in [0.25, 0.3) is 0 Å². The minimum Gasteiger partial charge on any atom is -0.463 e. The molecule has 1 aliphatic rings. The van der Waals surface area contributed by atoms with Gasteiger partial charge in [-0.3, -0.25) is 4.79 Å². The van der Waals surface area contributed by atoms with Crippen molar-refractivity contribution in [1.29, 1.82) is 0 Å². The molecular formula is C34H49NO8. The van der Waals surface area contributed by atoms with Crippen molar-refractivity contribution in [1.82, 2.24) is 5.32 Å². The van der Waals surface area contributed by atoms with Crippen LogP contribution in [0.15, 0.2) is 48.5 Å². The number of nitrogens with one attached hydrogen (secondary N) is 1. The van der Waals surface area contributed by atoms with Crippen LogP contribution in [-0.2, 0) is 33.2 Å². The fourth-order valence-corrected chi connectivity index (χ4v) is 5.03. The van der Waals surface area contributed by atoms with Gasteiger partial charge in [-0.2, -0.15) is 0 Å². The van der Waals surface area contributed by atoms with E-state index in [1.165, 1.54) is 22.3 Å². The summed E-state index contributed by atoms with van der Waals surface area (Å²) in [7, 11) is 0. The number of ether oxygens (including phenoxy) is 6. The van der Waals surface area contributed by atoms with Crippen LogP contribution in [0.5, 0.6) is 0 Å². The van der Waals surface area contributed by atoms with Crippen molar-refractivity contribution >= 4 is 12.1 Å². The summed E-state index contributed by atoms with van der Waals surface area (Å²) in [5.74, 6) is -0.0773. The molecule has 9 heteroatoms. The second-order valence-electron chi connectivity index (χ2n) is 10.5. The summed E-state index contributed by atoms with van der Waals surface area (Å²) < 4.78 is 32.8. The summed E-state index contributed by atoms with van der Waals surface area (Å²) >= 11 is 0. The Morgan fingerprint density at radius 1 is 0.698 bits per heavy atom. The van der Waals surface area contributed by atoms with Crippen LogP contribution in [0.4, 0.5) is 4.79 Å². The quantitative estimate of drug-likeness (QED) is 0.127. The maximum atomic E-state index is 12.2. The normalized spacial score (nSPS) is 12.9. The van der Waals surface area contributed by atoms with Gasteiger partial charge in [0.05, 0.1) is 52.2 Å². The van der Waals surface area contributed by atoms with Crippen LogP contribution in [0.3, 0.4) is 0 Å². The third-order valence-electron chi connectivity index (χ3n) is 7.40. The monoisotopic (exact) mass is 599 g/mol. The molecule has 1 aliphatic carbocycles. The summed E-state index contributed by atoms with van der Waals surface area (Å²) in [6.07, 6.45) is 4.09. The summed E-state index contributed by atoms with van der Waals surface area (Å²) in [6, 6.07) is 16.6. The molecule has 0 spiro atoms. The minimum atomic E-state index is -0.415. The van der Waals surface area contributed by atoms with E-state index in [2.05, 4.69) is 36.5 Å². The van der Waals surface area contributed by atoms with Gasteiger partial charge in [0.15, 0.2) is 0 Å². The van der Waals surface area contributed by atoms with Crippen molar-refractivity contribution in [2.75, 3.05) is 72.6 Å². The molecule has 1 amide bonds.